The van der Waals surface area contributed by atoms with Crippen molar-refractivity contribution in [1.29, 1.82) is 0 Å². The van der Waals surface area contributed by atoms with Crippen molar-refractivity contribution in [2.24, 2.45) is 5.73 Å². The molecular weight excluding hydrogens is 202 g/mol. The van der Waals surface area contributed by atoms with Gasteiger partial charge in [0.2, 0.25) is 0 Å². The first-order valence-electron chi connectivity index (χ1n) is 5.28. The summed E-state index contributed by atoms with van der Waals surface area (Å²) in [7, 11) is 0. The molecule has 0 aliphatic carbocycles. The predicted octanol–water partition coefficient (Wildman–Crippen LogP) is 2.31. The average molecular weight is 217 g/mol. The lowest BCUT2D eigenvalue weighted by atomic mass is 9.93. The number of hydrogen-bond donors (Lipinski definition) is 3. The van der Waals surface area contributed by atoms with E-state index in [2.05, 4.69) is 0 Å². The molecule has 2 rings (SSSR count). The molecular formula is C13H15NO2. The van der Waals surface area contributed by atoms with Gasteiger partial charge in [-0.25, -0.2) is 0 Å². The summed E-state index contributed by atoms with van der Waals surface area (Å²) in [6.07, 6.45) is 0. The van der Waals surface area contributed by atoms with E-state index in [9.17, 15) is 10.2 Å². The summed E-state index contributed by atoms with van der Waals surface area (Å²) in [5.74, 6) is 0.491. The van der Waals surface area contributed by atoms with Gasteiger partial charge in [-0.05, 0) is 41.4 Å². The molecule has 0 radical (unpaired) electrons. The smallest absolute Gasteiger partial charge is 0.119 e. The van der Waals surface area contributed by atoms with Gasteiger partial charge in [0.15, 0.2) is 0 Å². The number of rotatable bonds is 2. The van der Waals surface area contributed by atoms with Gasteiger partial charge in [-0.15, -0.1) is 0 Å². The lowest BCUT2D eigenvalue weighted by molar-refractivity contribution is 0.464. The van der Waals surface area contributed by atoms with Crippen LogP contribution in [0, 0.1) is 0 Å². The first kappa shape index (κ1) is 10.8. The summed E-state index contributed by atoms with van der Waals surface area (Å²) in [5, 5.41) is 21.2. The lowest BCUT2D eigenvalue weighted by Crippen LogP contribution is -2.09. The maximum atomic E-state index is 9.86. The first-order valence-corrected chi connectivity index (χ1v) is 5.28. The van der Waals surface area contributed by atoms with Crippen LogP contribution in [0.4, 0.5) is 0 Å². The fourth-order valence-corrected chi connectivity index (χ4v) is 1.96. The molecule has 0 fully saturated rings. The van der Waals surface area contributed by atoms with Crippen molar-refractivity contribution in [2.75, 3.05) is 6.54 Å². The molecule has 3 nitrogen and oxygen atoms in total. The zero-order valence-electron chi connectivity index (χ0n) is 9.14. The summed E-state index contributed by atoms with van der Waals surface area (Å²) in [6, 6.07) is 8.63. The highest BCUT2D eigenvalue weighted by Crippen LogP contribution is 2.34. The molecule has 4 N–H and O–H groups in total. The lowest BCUT2D eigenvalue weighted by Gasteiger charge is -2.14. The molecule has 3 heteroatoms. The van der Waals surface area contributed by atoms with Crippen LogP contribution in [0.1, 0.15) is 18.4 Å². The van der Waals surface area contributed by atoms with E-state index in [1.54, 1.807) is 18.2 Å². The Morgan fingerprint density at radius 1 is 1.19 bits per heavy atom. The van der Waals surface area contributed by atoms with Crippen molar-refractivity contribution in [1.82, 2.24) is 0 Å². The van der Waals surface area contributed by atoms with Crippen LogP contribution in [0.2, 0.25) is 0 Å². The van der Waals surface area contributed by atoms with Gasteiger partial charge < -0.3 is 15.9 Å². The maximum Gasteiger partial charge on any atom is 0.119 e. The molecule has 1 atom stereocenters. The third kappa shape index (κ3) is 1.70. The van der Waals surface area contributed by atoms with Gasteiger partial charge in [0.25, 0.3) is 0 Å². The molecule has 0 heterocycles. The third-order valence-corrected chi connectivity index (χ3v) is 2.87. The van der Waals surface area contributed by atoms with E-state index in [1.165, 1.54) is 0 Å². The molecule has 0 aliphatic heterocycles. The maximum absolute atomic E-state index is 9.86. The topological polar surface area (TPSA) is 66.5 Å². The monoisotopic (exact) mass is 217 g/mol. The second-order valence-electron chi connectivity index (χ2n) is 4.04. The van der Waals surface area contributed by atoms with Crippen LogP contribution >= 0.6 is 0 Å². The van der Waals surface area contributed by atoms with Gasteiger partial charge in [0.05, 0.1) is 0 Å². The van der Waals surface area contributed by atoms with Gasteiger partial charge >= 0.3 is 0 Å². The van der Waals surface area contributed by atoms with Crippen LogP contribution in [0.5, 0.6) is 11.5 Å². The minimum atomic E-state index is 0.0606. The second-order valence-corrected chi connectivity index (χ2v) is 4.04. The fraction of sp³-hybridized carbons (Fsp3) is 0.231. The average Bonchev–Trinajstić information content (AvgIpc) is 2.28. The van der Waals surface area contributed by atoms with E-state index in [-0.39, 0.29) is 17.4 Å². The molecule has 0 aliphatic rings. The Bertz CT molecular complexity index is 517. The zero-order chi connectivity index (χ0) is 11.7. The van der Waals surface area contributed by atoms with Crippen molar-refractivity contribution in [2.45, 2.75) is 12.8 Å². The molecule has 2 aromatic carbocycles. The minimum Gasteiger partial charge on any atom is -0.508 e. The van der Waals surface area contributed by atoms with Crippen LogP contribution < -0.4 is 5.73 Å². The van der Waals surface area contributed by atoms with Crippen molar-refractivity contribution in [3.63, 3.8) is 0 Å². The third-order valence-electron chi connectivity index (χ3n) is 2.87. The Hall–Kier alpha value is -1.74. The van der Waals surface area contributed by atoms with E-state index in [1.807, 2.05) is 19.1 Å². The molecule has 0 bridgehead atoms. The Kier molecular flexibility index (Phi) is 2.71. The Labute approximate surface area is 94.1 Å². The Balaban J connectivity index is 2.77. The van der Waals surface area contributed by atoms with Gasteiger partial charge in [-0.3, -0.25) is 0 Å². The SMILES string of the molecule is CC(CN)c1c(O)ccc2ccc(O)cc12. The van der Waals surface area contributed by atoms with E-state index in [0.717, 1.165) is 16.3 Å². The summed E-state index contributed by atoms with van der Waals surface area (Å²) in [6.45, 7) is 2.42. The Morgan fingerprint density at radius 3 is 2.56 bits per heavy atom. The molecule has 0 amide bonds. The molecule has 16 heavy (non-hydrogen) atoms. The summed E-state index contributed by atoms with van der Waals surface area (Å²) >= 11 is 0. The van der Waals surface area contributed by atoms with Gasteiger partial charge in [-0.2, -0.15) is 0 Å². The second kappa shape index (κ2) is 4.02. The number of fused-ring (bicyclic) bond motifs is 1. The Morgan fingerprint density at radius 2 is 1.88 bits per heavy atom. The fourth-order valence-electron chi connectivity index (χ4n) is 1.96. The van der Waals surface area contributed by atoms with Crippen molar-refractivity contribution >= 4 is 10.8 Å². The zero-order valence-corrected chi connectivity index (χ0v) is 9.14. The number of nitrogens with two attached hydrogens (primary N) is 1. The van der Waals surface area contributed by atoms with Gasteiger partial charge in [0, 0.05) is 5.56 Å². The molecule has 1 unspecified atom stereocenters. The number of phenolic OH excluding ortho intramolecular Hbond substituents is 2. The number of hydrogen-bond acceptors (Lipinski definition) is 3. The van der Waals surface area contributed by atoms with Crippen LogP contribution in [-0.4, -0.2) is 16.8 Å². The highest BCUT2D eigenvalue weighted by molar-refractivity contribution is 5.89. The molecule has 0 saturated heterocycles. The normalized spacial score (nSPS) is 12.9. The van der Waals surface area contributed by atoms with E-state index in [0.29, 0.717) is 6.54 Å². The van der Waals surface area contributed by atoms with Gasteiger partial charge in [0.1, 0.15) is 11.5 Å². The quantitative estimate of drug-likeness (QED) is 0.723. The van der Waals surface area contributed by atoms with Crippen molar-refractivity contribution < 1.29 is 10.2 Å². The molecule has 2 aromatic rings. The van der Waals surface area contributed by atoms with Crippen molar-refractivity contribution in [3.05, 3.63) is 35.9 Å². The summed E-state index contributed by atoms with van der Waals surface area (Å²) < 4.78 is 0. The molecule has 0 saturated carbocycles. The number of phenols is 2. The summed E-state index contributed by atoms with van der Waals surface area (Å²) in [4.78, 5) is 0. The van der Waals surface area contributed by atoms with Crippen molar-refractivity contribution in [3.8, 4) is 11.5 Å². The molecule has 0 aromatic heterocycles. The highest BCUT2D eigenvalue weighted by atomic mass is 16.3. The number of benzene rings is 2. The largest absolute Gasteiger partial charge is 0.508 e. The standard InChI is InChI=1S/C13H15NO2/c1-8(7-14)13-11-6-10(15)4-2-9(11)3-5-12(13)16/h2-6,8,15-16H,7,14H2,1H3. The van der Waals surface area contributed by atoms with Crippen LogP contribution in [0.15, 0.2) is 30.3 Å². The highest BCUT2D eigenvalue weighted by Gasteiger charge is 2.13. The minimum absolute atomic E-state index is 0.0606. The van der Waals surface area contributed by atoms with Gasteiger partial charge in [-0.1, -0.05) is 19.1 Å². The van der Waals surface area contributed by atoms with E-state index < -0.39 is 0 Å². The predicted molar refractivity (Wildman–Crippen MR) is 64.7 cm³/mol. The molecule has 0 spiro atoms. The molecule has 84 valence electrons. The summed E-state index contributed by atoms with van der Waals surface area (Å²) in [5.41, 5.74) is 6.43. The van der Waals surface area contributed by atoms with E-state index >= 15 is 0 Å². The van der Waals surface area contributed by atoms with Crippen LogP contribution in [0.25, 0.3) is 10.8 Å². The first-order chi connectivity index (χ1) is 7.63. The van der Waals surface area contributed by atoms with Crippen LogP contribution in [0.3, 0.4) is 0 Å². The van der Waals surface area contributed by atoms with E-state index in [4.69, 9.17) is 5.73 Å². The number of aromatic hydroxyl groups is 2. The van der Waals surface area contributed by atoms with Crippen LogP contribution in [-0.2, 0) is 0 Å².